The van der Waals surface area contributed by atoms with Gasteiger partial charge in [-0.1, -0.05) is 0 Å². The van der Waals surface area contributed by atoms with Crippen molar-refractivity contribution in [1.82, 2.24) is 19.9 Å². The van der Waals surface area contributed by atoms with E-state index in [0.29, 0.717) is 6.54 Å². The van der Waals surface area contributed by atoms with Crippen LogP contribution >= 0.6 is 0 Å². The van der Waals surface area contributed by atoms with Crippen molar-refractivity contribution in [3.05, 3.63) is 52.4 Å². The average molecular weight is 342 g/mol. The molecule has 0 bridgehead atoms. The lowest BCUT2D eigenvalue weighted by atomic mass is 9.95. The van der Waals surface area contributed by atoms with E-state index < -0.39 is 5.60 Å². The Hall–Kier alpha value is -2.18. The summed E-state index contributed by atoms with van der Waals surface area (Å²) in [7, 11) is 0. The van der Waals surface area contributed by atoms with Crippen LogP contribution in [0.1, 0.15) is 53.9 Å². The molecule has 3 heterocycles. The van der Waals surface area contributed by atoms with E-state index in [9.17, 15) is 5.11 Å². The van der Waals surface area contributed by atoms with Crippen LogP contribution in [0.4, 0.5) is 0 Å². The van der Waals surface area contributed by atoms with Crippen LogP contribution in [0.15, 0.2) is 22.7 Å². The largest absolute Gasteiger partial charge is 0.466 e. The van der Waals surface area contributed by atoms with Crippen molar-refractivity contribution in [2.45, 2.75) is 53.2 Å². The summed E-state index contributed by atoms with van der Waals surface area (Å²) in [5.74, 6) is 1.56. The first-order valence-corrected chi connectivity index (χ1v) is 8.54. The molecule has 2 unspecified atom stereocenters. The van der Waals surface area contributed by atoms with Crippen LogP contribution < -0.4 is 5.32 Å². The van der Waals surface area contributed by atoms with Gasteiger partial charge in [0.05, 0.1) is 5.69 Å². The zero-order chi connectivity index (χ0) is 18.4. The number of nitrogens with zero attached hydrogens (tertiary/aromatic N) is 3. The number of aromatic nitrogens is 3. The SMILES string of the molecule is Cc1cc2ncc(C(C)NCC(C)(O)c3cc(C)oc3C)c(C)n2n1. The van der Waals surface area contributed by atoms with E-state index in [1.807, 2.05) is 50.5 Å². The fourth-order valence-electron chi connectivity index (χ4n) is 3.32. The number of furan rings is 1. The zero-order valence-electron chi connectivity index (χ0n) is 15.7. The molecule has 0 spiro atoms. The number of hydrogen-bond donors (Lipinski definition) is 2. The van der Waals surface area contributed by atoms with Crippen LogP contribution in [0.25, 0.3) is 5.65 Å². The monoisotopic (exact) mass is 342 g/mol. The van der Waals surface area contributed by atoms with Gasteiger partial charge in [-0.05, 0) is 47.6 Å². The molecule has 2 N–H and O–H groups in total. The third kappa shape index (κ3) is 3.32. The van der Waals surface area contributed by atoms with Crippen LogP contribution in [0, 0.1) is 27.7 Å². The molecule has 6 heteroatoms. The van der Waals surface area contributed by atoms with E-state index in [-0.39, 0.29) is 6.04 Å². The minimum atomic E-state index is -1.01. The Labute approximate surface area is 147 Å². The highest BCUT2D eigenvalue weighted by molar-refractivity contribution is 5.42. The topological polar surface area (TPSA) is 75.6 Å². The van der Waals surface area contributed by atoms with Gasteiger partial charge in [0, 0.05) is 41.7 Å². The summed E-state index contributed by atoms with van der Waals surface area (Å²) in [5, 5.41) is 18.8. The maximum Gasteiger partial charge on any atom is 0.155 e. The molecular weight excluding hydrogens is 316 g/mol. The molecule has 134 valence electrons. The summed E-state index contributed by atoms with van der Waals surface area (Å²) in [5.41, 5.74) is 3.71. The molecule has 0 aliphatic carbocycles. The number of hydrogen-bond acceptors (Lipinski definition) is 5. The third-order valence-corrected chi connectivity index (χ3v) is 4.72. The maximum atomic E-state index is 10.9. The summed E-state index contributed by atoms with van der Waals surface area (Å²) in [6.45, 7) is 12.0. The first kappa shape index (κ1) is 17.6. The zero-order valence-corrected chi connectivity index (χ0v) is 15.7. The van der Waals surface area contributed by atoms with Gasteiger partial charge in [-0.15, -0.1) is 0 Å². The second-order valence-corrected chi connectivity index (χ2v) is 7.06. The lowest BCUT2D eigenvalue weighted by Gasteiger charge is -2.26. The molecule has 3 aromatic heterocycles. The number of fused-ring (bicyclic) bond motifs is 1. The Balaban J connectivity index is 1.79. The van der Waals surface area contributed by atoms with E-state index in [1.165, 1.54) is 0 Å². The van der Waals surface area contributed by atoms with Crippen LogP contribution in [-0.4, -0.2) is 26.2 Å². The van der Waals surface area contributed by atoms with Crippen LogP contribution in [0.2, 0.25) is 0 Å². The fourth-order valence-corrected chi connectivity index (χ4v) is 3.32. The van der Waals surface area contributed by atoms with E-state index >= 15 is 0 Å². The third-order valence-electron chi connectivity index (χ3n) is 4.72. The standard InChI is InChI=1S/C19H26N4O2/c1-11-7-18-20-9-16(14(4)23(18)22-11)13(3)21-10-19(6,24)17-8-12(2)25-15(17)5/h7-9,13,21,24H,10H2,1-6H3. The van der Waals surface area contributed by atoms with Crippen LogP contribution in [-0.2, 0) is 5.60 Å². The molecule has 3 rings (SSSR count). The molecule has 0 aliphatic heterocycles. The van der Waals surface area contributed by atoms with Crippen molar-refractivity contribution in [2.75, 3.05) is 6.54 Å². The smallest absolute Gasteiger partial charge is 0.155 e. The van der Waals surface area contributed by atoms with Crippen LogP contribution in [0.5, 0.6) is 0 Å². The highest BCUT2D eigenvalue weighted by Crippen LogP contribution is 2.27. The summed E-state index contributed by atoms with van der Waals surface area (Å²) in [6, 6.07) is 3.89. The van der Waals surface area contributed by atoms with Gasteiger partial charge >= 0.3 is 0 Å². The number of rotatable bonds is 5. The van der Waals surface area contributed by atoms with Gasteiger partial charge in [0.25, 0.3) is 0 Å². The van der Waals surface area contributed by atoms with E-state index in [2.05, 4.69) is 22.3 Å². The molecule has 0 radical (unpaired) electrons. The van der Waals surface area contributed by atoms with Crippen molar-refractivity contribution >= 4 is 5.65 Å². The maximum absolute atomic E-state index is 10.9. The Morgan fingerprint density at radius 1 is 1.28 bits per heavy atom. The summed E-state index contributed by atoms with van der Waals surface area (Å²) < 4.78 is 7.42. The number of aliphatic hydroxyl groups is 1. The van der Waals surface area contributed by atoms with Crippen molar-refractivity contribution in [3.63, 3.8) is 0 Å². The van der Waals surface area contributed by atoms with E-state index in [0.717, 1.165) is 39.7 Å². The highest BCUT2D eigenvalue weighted by atomic mass is 16.3. The normalized spacial score (nSPS) is 15.5. The minimum absolute atomic E-state index is 0.0289. The lowest BCUT2D eigenvalue weighted by molar-refractivity contribution is 0.0528. The quantitative estimate of drug-likeness (QED) is 0.745. The van der Waals surface area contributed by atoms with Crippen molar-refractivity contribution in [1.29, 1.82) is 0 Å². The second-order valence-electron chi connectivity index (χ2n) is 7.06. The molecular formula is C19H26N4O2. The predicted octanol–water partition coefficient (Wildman–Crippen LogP) is 3.11. The first-order valence-electron chi connectivity index (χ1n) is 8.54. The van der Waals surface area contributed by atoms with Crippen molar-refractivity contribution < 1.29 is 9.52 Å². The molecule has 0 aliphatic rings. The molecule has 3 aromatic rings. The lowest BCUT2D eigenvalue weighted by Crippen LogP contribution is -2.37. The predicted molar refractivity (Wildman–Crippen MR) is 96.6 cm³/mol. The molecule has 0 saturated heterocycles. The van der Waals surface area contributed by atoms with E-state index in [1.54, 1.807) is 6.92 Å². The van der Waals surface area contributed by atoms with Crippen molar-refractivity contribution in [2.24, 2.45) is 0 Å². The van der Waals surface area contributed by atoms with E-state index in [4.69, 9.17) is 4.42 Å². The Morgan fingerprint density at radius 3 is 2.64 bits per heavy atom. The molecule has 0 fully saturated rings. The molecule has 0 saturated carbocycles. The molecule has 0 aromatic carbocycles. The molecule has 0 amide bonds. The summed E-state index contributed by atoms with van der Waals surface area (Å²) >= 11 is 0. The fraction of sp³-hybridized carbons (Fsp3) is 0.474. The average Bonchev–Trinajstić information content (AvgIpc) is 3.07. The second kappa shape index (κ2) is 6.28. The Kier molecular flexibility index (Phi) is 4.43. The van der Waals surface area contributed by atoms with Gasteiger partial charge < -0.3 is 14.8 Å². The first-order chi connectivity index (χ1) is 11.7. The van der Waals surface area contributed by atoms with Gasteiger partial charge in [0.2, 0.25) is 0 Å². The summed E-state index contributed by atoms with van der Waals surface area (Å²) in [6.07, 6.45) is 1.88. The van der Waals surface area contributed by atoms with Gasteiger partial charge in [0.1, 0.15) is 17.1 Å². The van der Waals surface area contributed by atoms with Crippen LogP contribution in [0.3, 0.4) is 0 Å². The molecule has 2 atom stereocenters. The van der Waals surface area contributed by atoms with Gasteiger partial charge in [0.15, 0.2) is 5.65 Å². The molecule has 25 heavy (non-hydrogen) atoms. The number of nitrogens with one attached hydrogen (secondary N) is 1. The van der Waals surface area contributed by atoms with Gasteiger partial charge in [-0.3, -0.25) is 0 Å². The van der Waals surface area contributed by atoms with Gasteiger partial charge in [-0.2, -0.15) is 5.10 Å². The van der Waals surface area contributed by atoms with Crippen molar-refractivity contribution in [3.8, 4) is 0 Å². The summed E-state index contributed by atoms with van der Waals surface area (Å²) in [4.78, 5) is 4.49. The highest BCUT2D eigenvalue weighted by Gasteiger charge is 2.28. The number of aryl methyl sites for hydroxylation is 4. The van der Waals surface area contributed by atoms with Gasteiger partial charge in [-0.25, -0.2) is 9.50 Å². The Morgan fingerprint density at radius 2 is 2.00 bits per heavy atom. The molecule has 6 nitrogen and oxygen atoms in total. The Bertz CT molecular complexity index is 908. The minimum Gasteiger partial charge on any atom is -0.466 e.